The van der Waals surface area contributed by atoms with Gasteiger partial charge in [-0.25, -0.2) is 0 Å². The molecule has 0 amide bonds. The van der Waals surface area contributed by atoms with Gasteiger partial charge in [0.1, 0.15) is 11.3 Å². The highest BCUT2D eigenvalue weighted by Gasteiger charge is 2.22. The van der Waals surface area contributed by atoms with Crippen molar-refractivity contribution in [2.24, 2.45) is 0 Å². The van der Waals surface area contributed by atoms with E-state index in [0.29, 0.717) is 0 Å². The summed E-state index contributed by atoms with van der Waals surface area (Å²) < 4.78 is 6.06. The molecule has 1 heterocycles. The van der Waals surface area contributed by atoms with E-state index in [2.05, 4.69) is 61.0 Å². The predicted molar refractivity (Wildman–Crippen MR) is 89.6 cm³/mol. The van der Waals surface area contributed by atoms with E-state index in [1.807, 2.05) is 18.2 Å². The van der Waals surface area contributed by atoms with E-state index in [9.17, 15) is 0 Å². The van der Waals surface area contributed by atoms with E-state index in [0.717, 1.165) is 22.3 Å². The minimum absolute atomic E-state index is 0.933. The highest BCUT2D eigenvalue weighted by Crippen LogP contribution is 2.43. The van der Waals surface area contributed by atoms with Gasteiger partial charge in [0.2, 0.25) is 0 Å². The van der Waals surface area contributed by atoms with Gasteiger partial charge in [-0.1, -0.05) is 60.7 Å². The Balaban J connectivity index is 1.74. The van der Waals surface area contributed by atoms with Gasteiger partial charge in [0.25, 0.3) is 0 Å². The molecule has 0 bridgehead atoms. The van der Waals surface area contributed by atoms with Gasteiger partial charge in [0.15, 0.2) is 0 Å². The number of hydrogen-bond acceptors (Lipinski definition) is 1. The minimum Gasteiger partial charge on any atom is -0.456 e. The molecule has 0 aliphatic heterocycles. The molecular formula is C21H13O. The first-order valence-corrected chi connectivity index (χ1v) is 7.46. The molecule has 1 radical (unpaired) electrons. The smallest absolute Gasteiger partial charge is 0.135 e. The second-order valence-electron chi connectivity index (χ2n) is 5.65. The summed E-state index contributed by atoms with van der Waals surface area (Å²) in [5, 5.41) is 1.14. The maximum atomic E-state index is 6.06. The number of benzene rings is 3. The van der Waals surface area contributed by atoms with Crippen LogP contribution in [0, 0.1) is 6.42 Å². The van der Waals surface area contributed by atoms with Crippen LogP contribution in [0.15, 0.2) is 77.2 Å². The number of para-hydroxylation sites is 1. The molecule has 4 aromatic rings. The number of hydrogen-bond donors (Lipinski definition) is 0. The SMILES string of the molecule is [CH]1c2ccccc2-c2cccc(-c3cc4ccccc4o3)c21. The Morgan fingerprint density at radius 2 is 1.41 bits per heavy atom. The zero-order chi connectivity index (χ0) is 14.5. The largest absolute Gasteiger partial charge is 0.456 e. The highest BCUT2D eigenvalue weighted by atomic mass is 16.3. The zero-order valence-corrected chi connectivity index (χ0v) is 11.9. The topological polar surface area (TPSA) is 13.1 Å². The lowest BCUT2D eigenvalue weighted by molar-refractivity contribution is 0.631. The fourth-order valence-electron chi connectivity index (χ4n) is 3.31. The van der Waals surface area contributed by atoms with Crippen LogP contribution >= 0.6 is 0 Å². The van der Waals surface area contributed by atoms with Crippen LogP contribution in [-0.4, -0.2) is 0 Å². The van der Waals surface area contributed by atoms with E-state index in [1.165, 1.54) is 22.3 Å². The summed E-state index contributed by atoms with van der Waals surface area (Å²) >= 11 is 0. The summed E-state index contributed by atoms with van der Waals surface area (Å²) in [5.74, 6) is 0.933. The molecule has 5 rings (SSSR count). The molecule has 3 aromatic carbocycles. The van der Waals surface area contributed by atoms with E-state index in [-0.39, 0.29) is 0 Å². The van der Waals surface area contributed by atoms with Gasteiger partial charge in [-0.05, 0) is 34.4 Å². The van der Waals surface area contributed by atoms with Gasteiger partial charge in [-0.3, -0.25) is 0 Å². The Morgan fingerprint density at radius 1 is 0.636 bits per heavy atom. The van der Waals surface area contributed by atoms with Gasteiger partial charge in [-0.2, -0.15) is 0 Å². The van der Waals surface area contributed by atoms with Crippen molar-refractivity contribution in [3.05, 3.63) is 90.3 Å². The number of fused-ring (bicyclic) bond motifs is 4. The summed E-state index contributed by atoms with van der Waals surface area (Å²) in [6.45, 7) is 0. The van der Waals surface area contributed by atoms with Crippen molar-refractivity contribution in [1.82, 2.24) is 0 Å². The first-order chi connectivity index (χ1) is 10.9. The molecule has 1 nitrogen and oxygen atoms in total. The summed E-state index contributed by atoms with van der Waals surface area (Å²) in [4.78, 5) is 0. The predicted octanol–water partition coefficient (Wildman–Crippen LogP) is 5.68. The number of rotatable bonds is 1. The van der Waals surface area contributed by atoms with Crippen molar-refractivity contribution in [1.29, 1.82) is 0 Å². The first kappa shape index (κ1) is 11.8. The molecule has 1 heteroatoms. The molecule has 0 N–H and O–H groups in total. The Kier molecular flexibility index (Phi) is 2.33. The van der Waals surface area contributed by atoms with Crippen molar-refractivity contribution in [2.45, 2.75) is 0 Å². The monoisotopic (exact) mass is 281 g/mol. The van der Waals surface area contributed by atoms with E-state index in [1.54, 1.807) is 0 Å². The summed E-state index contributed by atoms with van der Waals surface area (Å²) in [5.41, 5.74) is 7.21. The normalized spacial score (nSPS) is 12.4. The third kappa shape index (κ3) is 1.59. The minimum atomic E-state index is 0.933. The lowest BCUT2D eigenvalue weighted by atomic mass is 9.99. The maximum Gasteiger partial charge on any atom is 0.135 e. The van der Waals surface area contributed by atoms with Crippen molar-refractivity contribution < 1.29 is 4.42 Å². The van der Waals surface area contributed by atoms with Crippen LogP contribution in [-0.2, 0) is 0 Å². The maximum absolute atomic E-state index is 6.06. The Bertz CT molecular complexity index is 974. The Hall–Kier alpha value is -2.80. The Morgan fingerprint density at radius 3 is 2.36 bits per heavy atom. The molecule has 1 aliphatic carbocycles. The number of furan rings is 1. The lowest BCUT2D eigenvalue weighted by Crippen LogP contribution is -1.84. The van der Waals surface area contributed by atoms with Crippen molar-refractivity contribution in [3.63, 3.8) is 0 Å². The third-order valence-electron chi connectivity index (χ3n) is 4.35. The van der Waals surface area contributed by atoms with Crippen LogP contribution in [0.3, 0.4) is 0 Å². The second-order valence-corrected chi connectivity index (χ2v) is 5.65. The zero-order valence-electron chi connectivity index (χ0n) is 11.9. The van der Waals surface area contributed by atoms with E-state index >= 15 is 0 Å². The fraction of sp³-hybridized carbons (Fsp3) is 0. The highest BCUT2D eigenvalue weighted by molar-refractivity contribution is 5.90. The van der Waals surface area contributed by atoms with Crippen LogP contribution in [0.1, 0.15) is 11.1 Å². The van der Waals surface area contributed by atoms with Crippen LogP contribution in [0.5, 0.6) is 0 Å². The molecule has 0 saturated heterocycles. The molecule has 0 atom stereocenters. The molecule has 0 saturated carbocycles. The van der Waals surface area contributed by atoms with Crippen molar-refractivity contribution >= 4 is 11.0 Å². The molecule has 0 spiro atoms. The molecular weight excluding hydrogens is 268 g/mol. The van der Waals surface area contributed by atoms with E-state index in [4.69, 9.17) is 4.42 Å². The van der Waals surface area contributed by atoms with Gasteiger partial charge in [0, 0.05) is 17.4 Å². The van der Waals surface area contributed by atoms with Crippen molar-refractivity contribution in [3.8, 4) is 22.5 Å². The quantitative estimate of drug-likeness (QED) is 0.385. The van der Waals surface area contributed by atoms with Crippen LogP contribution in [0.25, 0.3) is 33.4 Å². The van der Waals surface area contributed by atoms with Gasteiger partial charge in [-0.15, -0.1) is 0 Å². The molecule has 1 aromatic heterocycles. The van der Waals surface area contributed by atoms with Crippen LogP contribution in [0.2, 0.25) is 0 Å². The van der Waals surface area contributed by atoms with Gasteiger partial charge < -0.3 is 4.42 Å². The average molecular weight is 281 g/mol. The third-order valence-corrected chi connectivity index (χ3v) is 4.35. The fourth-order valence-corrected chi connectivity index (χ4v) is 3.31. The van der Waals surface area contributed by atoms with Gasteiger partial charge in [0.05, 0.1) is 0 Å². The second kappa shape index (κ2) is 4.35. The lowest BCUT2D eigenvalue weighted by Gasteiger charge is -2.05. The molecule has 0 fully saturated rings. The average Bonchev–Trinajstić information content (AvgIpc) is 3.15. The Labute approximate surface area is 128 Å². The summed E-state index contributed by atoms with van der Waals surface area (Å²) in [7, 11) is 0. The molecule has 22 heavy (non-hydrogen) atoms. The van der Waals surface area contributed by atoms with Crippen molar-refractivity contribution in [2.75, 3.05) is 0 Å². The van der Waals surface area contributed by atoms with Crippen LogP contribution in [0.4, 0.5) is 0 Å². The first-order valence-electron chi connectivity index (χ1n) is 7.46. The summed E-state index contributed by atoms with van der Waals surface area (Å²) in [6.07, 6.45) is 2.26. The van der Waals surface area contributed by atoms with E-state index < -0.39 is 0 Å². The van der Waals surface area contributed by atoms with Crippen LogP contribution < -0.4 is 0 Å². The summed E-state index contributed by atoms with van der Waals surface area (Å²) in [6, 6.07) is 25.2. The standard InChI is InChI=1S/C21H13O/c1-3-8-16-14(6-1)12-19-17(16)9-5-10-18(19)21-13-15-7-2-4-11-20(15)22-21/h1-13H. The van der Waals surface area contributed by atoms with Gasteiger partial charge >= 0.3 is 0 Å². The molecule has 103 valence electrons. The molecule has 1 aliphatic rings. The molecule has 0 unspecified atom stereocenters.